The smallest absolute Gasteiger partial charge is 0.380 e. The van der Waals surface area contributed by atoms with Crippen molar-refractivity contribution in [2.45, 2.75) is 24.6 Å². The third-order valence-electron chi connectivity index (χ3n) is 3.57. The van der Waals surface area contributed by atoms with Gasteiger partial charge < -0.3 is 10.0 Å². The number of carbonyl (C=O) groups excluding carboxylic acids is 1. The lowest BCUT2D eigenvalue weighted by atomic mass is 9.90. The summed E-state index contributed by atoms with van der Waals surface area (Å²) >= 11 is 5.50. The quantitative estimate of drug-likeness (QED) is 0.806. The number of hydrogen-bond acceptors (Lipinski definition) is 2. The molecule has 3 nitrogen and oxygen atoms in total. The first-order valence-electron chi connectivity index (χ1n) is 6.17. The van der Waals surface area contributed by atoms with Crippen molar-refractivity contribution >= 4 is 17.5 Å². The molecule has 2 rings (SSSR count). The molecule has 8 heteroatoms. The Kier molecular flexibility index (Phi) is 4.17. The predicted octanol–water partition coefficient (Wildman–Crippen LogP) is 3.01. The van der Waals surface area contributed by atoms with E-state index in [1.165, 1.54) is 12.1 Å². The number of piperidine rings is 1. The van der Waals surface area contributed by atoms with Crippen LogP contribution in [0.5, 0.6) is 0 Å². The number of likely N-dealkylation sites (tertiary alicyclic amines) is 1. The van der Waals surface area contributed by atoms with Crippen molar-refractivity contribution in [3.05, 3.63) is 34.6 Å². The molecule has 0 radical (unpaired) electrons. The van der Waals surface area contributed by atoms with Crippen LogP contribution < -0.4 is 0 Å². The number of nitrogens with zero attached hydrogens (tertiary/aromatic N) is 1. The number of alkyl halides is 3. The molecule has 0 unspecified atom stereocenters. The standard InChI is InChI=1S/C13H12ClF4NO2/c14-9-2-1-8(7-10(9)15)11(20)19-5-3-12(21,4-6-19)13(16,17)18/h1-2,7,21H,3-6H2. The number of benzene rings is 1. The van der Waals surface area contributed by atoms with E-state index in [-0.39, 0.29) is 23.7 Å². The third kappa shape index (κ3) is 3.13. The van der Waals surface area contributed by atoms with Gasteiger partial charge in [-0.2, -0.15) is 13.2 Å². The SMILES string of the molecule is O=C(c1ccc(Cl)c(F)c1)N1CCC(O)(C(F)(F)F)CC1. The molecule has 1 amide bonds. The summed E-state index contributed by atoms with van der Waals surface area (Å²) in [4.78, 5) is 13.2. The first-order chi connectivity index (χ1) is 9.64. The van der Waals surface area contributed by atoms with E-state index in [2.05, 4.69) is 0 Å². The fraction of sp³-hybridized carbons (Fsp3) is 0.462. The first kappa shape index (κ1) is 16.0. The Labute approximate surface area is 123 Å². The summed E-state index contributed by atoms with van der Waals surface area (Å²) in [5, 5.41) is 9.38. The molecule has 0 saturated carbocycles. The van der Waals surface area contributed by atoms with Crippen LogP contribution in [0.15, 0.2) is 18.2 Å². The Morgan fingerprint density at radius 1 is 1.29 bits per heavy atom. The zero-order valence-electron chi connectivity index (χ0n) is 10.8. The number of aliphatic hydroxyl groups is 1. The molecule has 0 bridgehead atoms. The Balaban J connectivity index is 2.08. The van der Waals surface area contributed by atoms with Gasteiger partial charge in [0.1, 0.15) is 5.82 Å². The molecule has 1 heterocycles. The van der Waals surface area contributed by atoms with E-state index >= 15 is 0 Å². The minimum absolute atomic E-state index is 0.00866. The van der Waals surface area contributed by atoms with Gasteiger partial charge in [0, 0.05) is 31.5 Å². The summed E-state index contributed by atoms with van der Waals surface area (Å²) in [6.45, 7) is -0.502. The lowest BCUT2D eigenvalue weighted by Crippen LogP contribution is -2.54. The highest BCUT2D eigenvalue weighted by Gasteiger charge is 2.54. The Bertz CT molecular complexity index is 554. The second-order valence-electron chi connectivity index (χ2n) is 4.95. The summed E-state index contributed by atoms with van der Waals surface area (Å²) in [6, 6.07) is 3.45. The van der Waals surface area contributed by atoms with E-state index in [9.17, 15) is 27.5 Å². The van der Waals surface area contributed by atoms with Gasteiger partial charge in [0.2, 0.25) is 0 Å². The van der Waals surface area contributed by atoms with Gasteiger partial charge in [-0.3, -0.25) is 4.79 Å². The van der Waals surface area contributed by atoms with Crippen LogP contribution in [-0.2, 0) is 0 Å². The van der Waals surface area contributed by atoms with Crippen molar-refractivity contribution < 1.29 is 27.5 Å². The highest BCUT2D eigenvalue weighted by atomic mass is 35.5. The third-order valence-corrected chi connectivity index (χ3v) is 3.88. The maximum absolute atomic E-state index is 13.3. The fourth-order valence-corrected chi connectivity index (χ4v) is 2.29. The van der Waals surface area contributed by atoms with Crippen molar-refractivity contribution in [1.29, 1.82) is 0 Å². The summed E-state index contributed by atoms with van der Waals surface area (Å²) in [7, 11) is 0. The minimum atomic E-state index is -4.73. The number of halogens is 5. The molecule has 1 aromatic carbocycles. The lowest BCUT2D eigenvalue weighted by molar-refractivity contribution is -0.271. The summed E-state index contributed by atoms with van der Waals surface area (Å²) in [5.74, 6) is -1.36. The van der Waals surface area contributed by atoms with Crippen molar-refractivity contribution in [3.8, 4) is 0 Å². The first-order valence-corrected chi connectivity index (χ1v) is 6.55. The Hall–Kier alpha value is -1.34. The molecular weight excluding hydrogens is 314 g/mol. The van der Waals surface area contributed by atoms with Gasteiger partial charge in [-0.1, -0.05) is 11.6 Å². The van der Waals surface area contributed by atoms with Gasteiger partial charge >= 0.3 is 6.18 Å². The van der Waals surface area contributed by atoms with Crippen LogP contribution in [0.4, 0.5) is 17.6 Å². The molecule has 0 aromatic heterocycles. The zero-order valence-corrected chi connectivity index (χ0v) is 11.5. The number of carbonyl (C=O) groups is 1. The van der Waals surface area contributed by atoms with Crippen LogP contribution in [0, 0.1) is 5.82 Å². The molecule has 0 atom stereocenters. The molecule has 1 fully saturated rings. The number of amides is 1. The van der Waals surface area contributed by atoms with Crippen LogP contribution in [0.1, 0.15) is 23.2 Å². The van der Waals surface area contributed by atoms with Crippen LogP contribution in [0.25, 0.3) is 0 Å². The van der Waals surface area contributed by atoms with Gasteiger partial charge in [-0.05, 0) is 18.2 Å². The summed E-state index contributed by atoms with van der Waals surface area (Å²) < 4.78 is 51.3. The van der Waals surface area contributed by atoms with Crippen molar-refractivity contribution in [3.63, 3.8) is 0 Å². The van der Waals surface area contributed by atoms with Crippen LogP contribution >= 0.6 is 11.6 Å². The maximum Gasteiger partial charge on any atom is 0.417 e. The van der Waals surface area contributed by atoms with E-state index in [4.69, 9.17) is 11.6 Å². The minimum Gasteiger partial charge on any atom is -0.380 e. The Morgan fingerprint density at radius 3 is 2.33 bits per heavy atom. The van der Waals surface area contributed by atoms with Crippen molar-refractivity contribution in [2.24, 2.45) is 0 Å². The zero-order chi connectivity index (χ0) is 15.8. The van der Waals surface area contributed by atoms with Crippen molar-refractivity contribution in [1.82, 2.24) is 4.90 Å². The van der Waals surface area contributed by atoms with Gasteiger partial charge in [0.15, 0.2) is 5.60 Å². The van der Waals surface area contributed by atoms with E-state index in [0.29, 0.717) is 0 Å². The molecule has 0 spiro atoms. The molecular formula is C13H12ClF4NO2. The molecule has 1 saturated heterocycles. The number of hydrogen-bond donors (Lipinski definition) is 1. The van der Waals surface area contributed by atoms with Gasteiger partial charge in [-0.25, -0.2) is 4.39 Å². The molecule has 116 valence electrons. The highest BCUT2D eigenvalue weighted by molar-refractivity contribution is 6.30. The predicted molar refractivity (Wildman–Crippen MR) is 67.6 cm³/mol. The molecule has 1 N–H and O–H groups in total. The largest absolute Gasteiger partial charge is 0.417 e. The van der Waals surface area contributed by atoms with Crippen LogP contribution in [-0.4, -0.2) is 40.8 Å². The van der Waals surface area contributed by atoms with Crippen LogP contribution in [0.2, 0.25) is 5.02 Å². The molecule has 1 aromatic rings. The second kappa shape index (κ2) is 5.46. The van der Waals surface area contributed by atoms with Gasteiger partial charge in [0.25, 0.3) is 5.91 Å². The average Bonchev–Trinajstić information content (AvgIpc) is 2.41. The average molecular weight is 326 g/mol. The van der Waals surface area contributed by atoms with E-state index in [0.717, 1.165) is 11.0 Å². The highest BCUT2D eigenvalue weighted by Crippen LogP contribution is 2.38. The Morgan fingerprint density at radius 2 is 1.86 bits per heavy atom. The van der Waals surface area contributed by atoms with Crippen LogP contribution in [0.3, 0.4) is 0 Å². The molecule has 1 aliphatic rings. The molecule has 21 heavy (non-hydrogen) atoms. The van der Waals surface area contributed by atoms with Gasteiger partial charge in [-0.15, -0.1) is 0 Å². The number of rotatable bonds is 1. The fourth-order valence-electron chi connectivity index (χ4n) is 2.17. The maximum atomic E-state index is 13.3. The van der Waals surface area contributed by atoms with E-state index in [1.807, 2.05) is 0 Å². The van der Waals surface area contributed by atoms with E-state index in [1.54, 1.807) is 0 Å². The second-order valence-corrected chi connectivity index (χ2v) is 5.36. The van der Waals surface area contributed by atoms with E-state index < -0.39 is 36.3 Å². The lowest BCUT2D eigenvalue weighted by Gasteiger charge is -2.39. The van der Waals surface area contributed by atoms with Crippen molar-refractivity contribution in [2.75, 3.05) is 13.1 Å². The topological polar surface area (TPSA) is 40.5 Å². The molecule has 0 aliphatic carbocycles. The van der Waals surface area contributed by atoms with Gasteiger partial charge in [0.05, 0.1) is 5.02 Å². The summed E-state index contributed by atoms with van der Waals surface area (Å²) in [6.07, 6.45) is -5.93. The molecule has 1 aliphatic heterocycles. The normalized spacial score (nSPS) is 18.7. The monoisotopic (exact) mass is 325 g/mol. The summed E-state index contributed by atoms with van der Waals surface area (Å²) in [5.41, 5.74) is -2.76.